The van der Waals surface area contributed by atoms with E-state index in [9.17, 15) is 17.6 Å². The number of para-hydroxylation sites is 1. The van der Waals surface area contributed by atoms with E-state index in [4.69, 9.17) is 4.42 Å². The number of carbonyl (C=O) groups excluding carboxylic acids is 1. The zero-order valence-electron chi connectivity index (χ0n) is 17.1. The molecule has 0 aliphatic carbocycles. The molecule has 1 N–H and O–H groups in total. The molecule has 0 fully saturated rings. The SMILES string of the molecule is Cc1cc(C)n(-c2ccc(NC(=O)c3oc4ccccc4c3CS(C)(=O)=O)cc2F)n1. The lowest BCUT2D eigenvalue weighted by atomic mass is 10.1. The smallest absolute Gasteiger partial charge is 0.291 e. The van der Waals surface area contributed by atoms with Crippen LogP contribution in [0.25, 0.3) is 16.7 Å². The van der Waals surface area contributed by atoms with Crippen LogP contribution in [0.2, 0.25) is 0 Å². The van der Waals surface area contributed by atoms with Crippen molar-refractivity contribution in [3.05, 3.63) is 77.1 Å². The van der Waals surface area contributed by atoms with E-state index >= 15 is 0 Å². The Morgan fingerprint density at radius 3 is 2.55 bits per heavy atom. The number of sulfone groups is 1. The predicted octanol–water partition coefficient (Wildman–Crippen LogP) is 4.17. The van der Waals surface area contributed by atoms with Crippen LogP contribution in [-0.2, 0) is 15.6 Å². The van der Waals surface area contributed by atoms with Crippen molar-refractivity contribution < 1.29 is 22.0 Å². The molecule has 2 aromatic carbocycles. The number of benzene rings is 2. The van der Waals surface area contributed by atoms with Gasteiger partial charge in [0, 0.05) is 28.6 Å². The molecule has 7 nitrogen and oxygen atoms in total. The fraction of sp³-hybridized carbons (Fsp3) is 0.182. The topological polar surface area (TPSA) is 94.2 Å². The van der Waals surface area contributed by atoms with Gasteiger partial charge in [0.25, 0.3) is 5.91 Å². The van der Waals surface area contributed by atoms with Gasteiger partial charge in [0.2, 0.25) is 0 Å². The highest BCUT2D eigenvalue weighted by Gasteiger charge is 2.23. The average Bonchev–Trinajstić information content (AvgIpc) is 3.20. The molecule has 4 aromatic rings. The first-order valence-electron chi connectivity index (χ1n) is 9.45. The Morgan fingerprint density at radius 2 is 1.90 bits per heavy atom. The van der Waals surface area contributed by atoms with E-state index in [1.165, 1.54) is 16.8 Å². The lowest BCUT2D eigenvalue weighted by Gasteiger charge is -2.09. The number of carbonyl (C=O) groups is 1. The number of furan rings is 1. The van der Waals surface area contributed by atoms with Gasteiger partial charge in [-0.05, 0) is 44.2 Å². The first-order valence-corrected chi connectivity index (χ1v) is 11.5. The van der Waals surface area contributed by atoms with Gasteiger partial charge in [-0.2, -0.15) is 5.10 Å². The number of nitrogens with zero attached hydrogens (tertiary/aromatic N) is 2. The summed E-state index contributed by atoms with van der Waals surface area (Å²) in [5.41, 5.74) is 2.68. The van der Waals surface area contributed by atoms with Crippen molar-refractivity contribution >= 4 is 32.4 Å². The largest absolute Gasteiger partial charge is 0.451 e. The Labute approximate surface area is 178 Å². The highest BCUT2D eigenvalue weighted by molar-refractivity contribution is 7.89. The molecule has 2 heterocycles. The van der Waals surface area contributed by atoms with Crippen LogP contribution < -0.4 is 5.32 Å². The van der Waals surface area contributed by atoms with Crippen LogP contribution in [0.15, 0.2) is 52.9 Å². The van der Waals surface area contributed by atoms with E-state index in [2.05, 4.69) is 10.4 Å². The number of nitrogens with one attached hydrogen (secondary N) is 1. The molecule has 0 saturated carbocycles. The van der Waals surface area contributed by atoms with Crippen molar-refractivity contribution in [3.8, 4) is 5.69 Å². The minimum absolute atomic E-state index is 0.116. The predicted molar refractivity (Wildman–Crippen MR) is 116 cm³/mol. The molecule has 31 heavy (non-hydrogen) atoms. The number of fused-ring (bicyclic) bond motifs is 1. The van der Waals surface area contributed by atoms with Crippen molar-refractivity contribution in [2.24, 2.45) is 0 Å². The van der Waals surface area contributed by atoms with Crippen molar-refractivity contribution in [1.82, 2.24) is 9.78 Å². The quantitative estimate of drug-likeness (QED) is 0.502. The first-order chi connectivity index (χ1) is 14.6. The van der Waals surface area contributed by atoms with Crippen molar-refractivity contribution in [2.45, 2.75) is 19.6 Å². The van der Waals surface area contributed by atoms with E-state index < -0.39 is 21.6 Å². The molecule has 9 heteroatoms. The summed E-state index contributed by atoms with van der Waals surface area (Å²) in [5, 5.41) is 7.40. The maximum Gasteiger partial charge on any atom is 0.291 e. The molecule has 0 saturated heterocycles. The van der Waals surface area contributed by atoms with Crippen LogP contribution in [0.4, 0.5) is 10.1 Å². The maximum absolute atomic E-state index is 14.7. The first kappa shape index (κ1) is 20.8. The number of hydrogen-bond acceptors (Lipinski definition) is 5. The van der Waals surface area contributed by atoms with Gasteiger partial charge in [-0.3, -0.25) is 4.79 Å². The number of hydrogen-bond donors (Lipinski definition) is 1. The number of amides is 1. The summed E-state index contributed by atoms with van der Waals surface area (Å²) in [6.07, 6.45) is 1.09. The molecule has 0 aliphatic rings. The van der Waals surface area contributed by atoms with E-state index in [0.717, 1.165) is 17.6 Å². The third-order valence-electron chi connectivity index (χ3n) is 4.75. The lowest BCUT2D eigenvalue weighted by Crippen LogP contribution is -2.15. The normalized spacial score (nSPS) is 11.7. The van der Waals surface area contributed by atoms with Gasteiger partial charge in [-0.15, -0.1) is 0 Å². The van der Waals surface area contributed by atoms with Crippen molar-refractivity contribution in [1.29, 1.82) is 0 Å². The Hall–Kier alpha value is -3.46. The fourth-order valence-electron chi connectivity index (χ4n) is 3.50. The van der Waals surface area contributed by atoms with Gasteiger partial charge < -0.3 is 9.73 Å². The molecular weight excluding hydrogens is 421 g/mol. The molecule has 0 atom stereocenters. The minimum atomic E-state index is -3.42. The van der Waals surface area contributed by atoms with Crippen LogP contribution in [0.1, 0.15) is 27.5 Å². The van der Waals surface area contributed by atoms with E-state index in [-0.39, 0.29) is 28.5 Å². The monoisotopic (exact) mass is 441 g/mol. The summed E-state index contributed by atoms with van der Waals surface area (Å²) in [5.74, 6) is -1.69. The number of anilines is 1. The lowest BCUT2D eigenvalue weighted by molar-refractivity contribution is 0.0998. The van der Waals surface area contributed by atoms with E-state index in [1.54, 1.807) is 30.3 Å². The second-order valence-electron chi connectivity index (χ2n) is 7.44. The molecular formula is C22H20FN3O4S. The van der Waals surface area contributed by atoms with Crippen LogP contribution in [0.3, 0.4) is 0 Å². The molecule has 0 bridgehead atoms. The maximum atomic E-state index is 14.7. The Morgan fingerprint density at radius 1 is 1.16 bits per heavy atom. The van der Waals surface area contributed by atoms with Crippen molar-refractivity contribution in [3.63, 3.8) is 0 Å². The summed E-state index contributed by atoms with van der Waals surface area (Å²) >= 11 is 0. The molecule has 160 valence electrons. The molecule has 0 radical (unpaired) electrons. The molecule has 0 aliphatic heterocycles. The number of aryl methyl sites for hydroxylation is 2. The second-order valence-corrected chi connectivity index (χ2v) is 9.58. The van der Waals surface area contributed by atoms with E-state index in [0.29, 0.717) is 11.0 Å². The Balaban J connectivity index is 1.67. The molecule has 0 unspecified atom stereocenters. The molecule has 2 aromatic heterocycles. The van der Waals surface area contributed by atoms with Crippen LogP contribution in [0.5, 0.6) is 0 Å². The van der Waals surface area contributed by atoms with Crippen LogP contribution in [0, 0.1) is 19.7 Å². The fourth-order valence-corrected chi connectivity index (χ4v) is 4.32. The molecule has 0 spiro atoms. The zero-order chi connectivity index (χ0) is 22.3. The summed E-state index contributed by atoms with van der Waals surface area (Å²) in [6, 6.07) is 12.9. The highest BCUT2D eigenvalue weighted by Crippen LogP contribution is 2.29. The summed E-state index contributed by atoms with van der Waals surface area (Å²) in [4.78, 5) is 12.9. The van der Waals surface area contributed by atoms with Gasteiger partial charge in [0.15, 0.2) is 21.4 Å². The summed E-state index contributed by atoms with van der Waals surface area (Å²) in [6.45, 7) is 3.64. The second kappa shape index (κ2) is 7.66. The van der Waals surface area contributed by atoms with Gasteiger partial charge in [0.1, 0.15) is 11.3 Å². The minimum Gasteiger partial charge on any atom is -0.451 e. The van der Waals surface area contributed by atoms with Crippen LogP contribution >= 0.6 is 0 Å². The third kappa shape index (κ3) is 4.22. The van der Waals surface area contributed by atoms with Gasteiger partial charge in [-0.1, -0.05) is 18.2 Å². The van der Waals surface area contributed by atoms with Crippen LogP contribution in [-0.4, -0.2) is 30.4 Å². The summed E-state index contributed by atoms with van der Waals surface area (Å²) < 4.78 is 45.6. The summed E-state index contributed by atoms with van der Waals surface area (Å²) in [7, 11) is -3.42. The standard InChI is InChI=1S/C22H20FN3O4S/c1-13-10-14(2)26(25-13)19-9-8-15(11-18(19)23)24-22(27)21-17(12-31(3,28)29)16-6-4-5-7-20(16)30-21/h4-11H,12H2,1-3H3,(H,24,27). The van der Waals surface area contributed by atoms with E-state index in [1.807, 2.05) is 19.9 Å². The molecule has 1 amide bonds. The molecule has 4 rings (SSSR count). The number of halogens is 1. The van der Waals surface area contributed by atoms with Gasteiger partial charge >= 0.3 is 0 Å². The zero-order valence-corrected chi connectivity index (χ0v) is 18.0. The third-order valence-corrected chi connectivity index (χ3v) is 5.57. The number of aromatic nitrogens is 2. The van der Waals surface area contributed by atoms with Gasteiger partial charge in [-0.25, -0.2) is 17.5 Å². The Bertz CT molecular complexity index is 1420. The Kier molecular flexibility index (Phi) is 5.14. The highest BCUT2D eigenvalue weighted by atomic mass is 32.2. The van der Waals surface area contributed by atoms with Crippen molar-refractivity contribution in [2.75, 3.05) is 11.6 Å². The number of rotatable bonds is 5. The average molecular weight is 441 g/mol. The van der Waals surface area contributed by atoms with Gasteiger partial charge in [0.05, 0.1) is 11.4 Å².